The summed E-state index contributed by atoms with van der Waals surface area (Å²) in [6, 6.07) is 9.82. The first-order valence-electron chi connectivity index (χ1n) is 12.7. The Kier molecular flexibility index (Phi) is 12.0. The number of carbonyl (C=O) groups excluding carboxylic acids is 2. The Hall–Kier alpha value is -2.84. The van der Waals surface area contributed by atoms with Gasteiger partial charge < -0.3 is 29.2 Å². The standard InChI is InChI=1S/C28H44N4O4/c1-21(2)24-12-8-13-25(22(3)4)27(24)29-28(34)32(15-10-17-35-6)20-26(33)31(16-18-36-7)19-23-11-9-14-30(23)5/h8-9,11-14,21-22H,10,15-20H2,1-7H3,(H,29,34). The molecule has 0 radical (unpaired) electrons. The highest BCUT2D eigenvalue weighted by Crippen LogP contribution is 2.32. The lowest BCUT2D eigenvalue weighted by Gasteiger charge is -2.29. The lowest BCUT2D eigenvalue weighted by atomic mass is 9.93. The van der Waals surface area contributed by atoms with Gasteiger partial charge >= 0.3 is 6.03 Å². The molecule has 0 spiro atoms. The van der Waals surface area contributed by atoms with Crippen molar-refractivity contribution in [3.63, 3.8) is 0 Å². The maximum atomic E-state index is 13.6. The number of para-hydroxylation sites is 1. The molecule has 0 atom stereocenters. The molecule has 0 saturated carbocycles. The molecule has 0 bridgehead atoms. The monoisotopic (exact) mass is 500 g/mol. The molecule has 0 fully saturated rings. The molecule has 2 aromatic rings. The number of hydrogen-bond acceptors (Lipinski definition) is 4. The number of nitrogens with zero attached hydrogens (tertiary/aromatic N) is 3. The van der Waals surface area contributed by atoms with Crippen LogP contribution in [0.3, 0.4) is 0 Å². The topological polar surface area (TPSA) is 76.0 Å². The highest BCUT2D eigenvalue weighted by atomic mass is 16.5. The number of aryl methyl sites for hydroxylation is 1. The van der Waals surface area contributed by atoms with Crippen LogP contribution in [0.5, 0.6) is 0 Å². The molecule has 1 aromatic heterocycles. The lowest BCUT2D eigenvalue weighted by Crippen LogP contribution is -2.46. The molecular formula is C28H44N4O4. The Morgan fingerprint density at radius 1 is 0.917 bits per heavy atom. The molecule has 0 aliphatic rings. The van der Waals surface area contributed by atoms with Crippen molar-refractivity contribution in [1.82, 2.24) is 14.4 Å². The Morgan fingerprint density at radius 3 is 2.08 bits per heavy atom. The van der Waals surface area contributed by atoms with Gasteiger partial charge in [0.2, 0.25) is 5.91 Å². The minimum Gasteiger partial charge on any atom is -0.385 e. The Bertz CT molecular complexity index is 944. The first-order chi connectivity index (χ1) is 17.2. The van der Waals surface area contributed by atoms with Crippen molar-refractivity contribution in [2.75, 3.05) is 52.4 Å². The van der Waals surface area contributed by atoms with Crippen LogP contribution in [0, 0.1) is 0 Å². The number of nitrogens with one attached hydrogen (secondary N) is 1. The number of carbonyl (C=O) groups is 2. The highest BCUT2D eigenvalue weighted by molar-refractivity contribution is 5.94. The van der Waals surface area contributed by atoms with E-state index in [4.69, 9.17) is 9.47 Å². The van der Waals surface area contributed by atoms with E-state index >= 15 is 0 Å². The molecule has 1 N–H and O–H groups in total. The van der Waals surface area contributed by atoms with Crippen molar-refractivity contribution in [1.29, 1.82) is 0 Å². The van der Waals surface area contributed by atoms with E-state index in [0.717, 1.165) is 22.5 Å². The van der Waals surface area contributed by atoms with Gasteiger partial charge in [0.1, 0.15) is 6.54 Å². The number of urea groups is 1. The fourth-order valence-electron chi connectivity index (χ4n) is 4.15. The van der Waals surface area contributed by atoms with Crippen LogP contribution >= 0.6 is 0 Å². The first-order valence-corrected chi connectivity index (χ1v) is 12.7. The predicted molar refractivity (Wildman–Crippen MR) is 144 cm³/mol. The number of methoxy groups -OCH3 is 2. The number of ether oxygens (including phenoxy) is 2. The van der Waals surface area contributed by atoms with Crippen molar-refractivity contribution in [3.05, 3.63) is 53.3 Å². The van der Waals surface area contributed by atoms with Crippen LogP contribution in [0.15, 0.2) is 36.5 Å². The smallest absolute Gasteiger partial charge is 0.322 e. The van der Waals surface area contributed by atoms with Crippen LogP contribution in [0.25, 0.3) is 0 Å². The van der Waals surface area contributed by atoms with E-state index in [0.29, 0.717) is 39.3 Å². The number of aromatic nitrogens is 1. The maximum Gasteiger partial charge on any atom is 0.322 e. The molecule has 0 aliphatic carbocycles. The lowest BCUT2D eigenvalue weighted by molar-refractivity contribution is -0.133. The van der Waals surface area contributed by atoms with Crippen molar-refractivity contribution in [2.24, 2.45) is 7.05 Å². The molecule has 8 heteroatoms. The minimum absolute atomic E-state index is 0.0233. The number of hydrogen-bond donors (Lipinski definition) is 1. The second-order valence-electron chi connectivity index (χ2n) is 9.74. The van der Waals surface area contributed by atoms with Crippen LogP contribution in [0.4, 0.5) is 10.5 Å². The molecule has 36 heavy (non-hydrogen) atoms. The van der Waals surface area contributed by atoms with E-state index in [2.05, 4.69) is 45.1 Å². The van der Waals surface area contributed by atoms with E-state index in [1.165, 1.54) is 0 Å². The molecule has 0 aliphatic heterocycles. The van der Waals surface area contributed by atoms with Crippen LogP contribution in [-0.4, -0.2) is 73.4 Å². The number of anilines is 1. The molecule has 0 saturated heterocycles. The minimum atomic E-state index is -0.278. The average Bonchev–Trinajstić information content (AvgIpc) is 3.24. The maximum absolute atomic E-state index is 13.6. The summed E-state index contributed by atoms with van der Waals surface area (Å²) in [5.74, 6) is 0.372. The van der Waals surface area contributed by atoms with Gasteiger partial charge in [0, 0.05) is 58.5 Å². The van der Waals surface area contributed by atoms with Crippen molar-refractivity contribution in [3.8, 4) is 0 Å². The van der Waals surface area contributed by atoms with Crippen molar-refractivity contribution < 1.29 is 19.1 Å². The largest absolute Gasteiger partial charge is 0.385 e. The number of rotatable bonds is 14. The summed E-state index contributed by atoms with van der Waals surface area (Å²) in [5, 5.41) is 3.16. The molecule has 8 nitrogen and oxygen atoms in total. The second kappa shape index (κ2) is 14.7. The van der Waals surface area contributed by atoms with Gasteiger partial charge in [0.25, 0.3) is 0 Å². The zero-order valence-corrected chi connectivity index (χ0v) is 23.0. The molecule has 3 amide bonds. The van der Waals surface area contributed by atoms with Crippen LogP contribution < -0.4 is 5.32 Å². The van der Waals surface area contributed by atoms with Gasteiger partial charge in [-0.1, -0.05) is 45.9 Å². The summed E-state index contributed by atoms with van der Waals surface area (Å²) < 4.78 is 12.4. The van der Waals surface area contributed by atoms with Crippen LogP contribution in [0.1, 0.15) is 62.8 Å². The van der Waals surface area contributed by atoms with Crippen LogP contribution in [-0.2, 0) is 27.9 Å². The molecule has 1 heterocycles. The van der Waals surface area contributed by atoms with E-state index in [9.17, 15) is 9.59 Å². The van der Waals surface area contributed by atoms with E-state index in [1.54, 1.807) is 24.0 Å². The SMILES string of the molecule is COCCCN(CC(=O)N(CCOC)Cc1cccn1C)C(=O)Nc1c(C(C)C)cccc1C(C)C. The van der Waals surface area contributed by atoms with Gasteiger partial charge in [0.15, 0.2) is 0 Å². The first kappa shape index (κ1) is 29.4. The molecule has 2 rings (SSSR count). The quantitative estimate of drug-likeness (QED) is 0.378. The normalized spacial score (nSPS) is 11.2. The predicted octanol–water partition coefficient (Wildman–Crippen LogP) is 4.82. The van der Waals surface area contributed by atoms with Gasteiger partial charge in [-0.2, -0.15) is 0 Å². The fraction of sp³-hybridized carbons (Fsp3) is 0.571. The summed E-state index contributed by atoms with van der Waals surface area (Å²) in [4.78, 5) is 30.4. The third-order valence-corrected chi connectivity index (χ3v) is 6.32. The molecule has 1 aromatic carbocycles. The van der Waals surface area contributed by atoms with E-state index < -0.39 is 0 Å². The average molecular weight is 501 g/mol. The summed E-state index contributed by atoms with van der Waals surface area (Å²) in [6.07, 6.45) is 2.59. The van der Waals surface area contributed by atoms with Gasteiger partial charge in [-0.25, -0.2) is 4.79 Å². The summed E-state index contributed by atoms with van der Waals surface area (Å²) in [5.41, 5.74) is 4.03. The van der Waals surface area contributed by atoms with Crippen molar-refractivity contribution in [2.45, 2.75) is 52.5 Å². The number of amides is 3. The molecule has 0 unspecified atom stereocenters. The zero-order valence-electron chi connectivity index (χ0n) is 23.0. The van der Waals surface area contributed by atoms with E-state index in [-0.39, 0.29) is 30.3 Å². The third kappa shape index (κ3) is 8.38. The van der Waals surface area contributed by atoms with Gasteiger partial charge in [-0.05, 0) is 41.5 Å². The summed E-state index contributed by atoms with van der Waals surface area (Å²) in [7, 11) is 5.21. The number of benzene rings is 1. The Morgan fingerprint density at radius 2 is 1.56 bits per heavy atom. The zero-order chi connectivity index (χ0) is 26.7. The third-order valence-electron chi connectivity index (χ3n) is 6.32. The molecular weight excluding hydrogens is 456 g/mol. The fourth-order valence-corrected chi connectivity index (χ4v) is 4.15. The van der Waals surface area contributed by atoms with Gasteiger partial charge in [-0.3, -0.25) is 4.79 Å². The summed E-state index contributed by atoms with van der Waals surface area (Å²) in [6.45, 7) is 10.7. The Labute approximate surface area is 216 Å². The van der Waals surface area contributed by atoms with Crippen molar-refractivity contribution >= 4 is 17.6 Å². The van der Waals surface area contributed by atoms with E-state index in [1.807, 2.05) is 36.0 Å². The highest BCUT2D eigenvalue weighted by Gasteiger charge is 2.24. The van der Waals surface area contributed by atoms with Gasteiger partial charge in [-0.15, -0.1) is 0 Å². The second-order valence-corrected chi connectivity index (χ2v) is 9.74. The van der Waals surface area contributed by atoms with Crippen LogP contribution in [0.2, 0.25) is 0 Å². The Balaban J connectivity index is 2.27. The summed E-state index contributed by atoms with van der Waals surface area (Å²) >= 11 is 0. The van der Waals surface area contributed by atoms with Gasteiger partial charge in [0.05, 0.1) is 13.2 Å². The molecule has 200 valence electrons.